The maximum atomic E-state index is 9.24. The molecule has 0 aromatic rings. The summed E-state index contributed by atoms with van der Waals surface area (Å²) in [6.45, 7) is 2.40. The van der Waals surface area contributed by atoms with E-state index in [1.54, 1.807) is 0 Å². The average Bonchev–Trinajstić information content (AvgIpc) is 1.64. The van der Waals surface area contributed by atoms with Gasteiger partial charge in [-0.05, 0) is 5.26 Å². The zero-order valence-corrected chi connectivity index (χ0v) is 4.31. The van der Waals surface area contributed by atoms with Crippen LogP contribution >= 0.6 is 0 Å². The van der Waals surface area contributed by atoms with E-state index in [4.69, 9.17) is 20.4 Å². The van der Waals surface area contributed by atoms with E-state index in [9.17, 15) is 5.26 Å². The molecular weight excluding hydrogens is 132 g/mol. The van der Waals surface area contributed by atoms with Crippen LogP contribution in [0.5, 0.6) is 0 Å². The molecule has 0 saturated heterocycles. The van der Waals surface area contributed by atoms with Gasteiger partial charge in [-0.3, -0.25) is 0 Å². The van der Waals surface area contributed by atoms with E-state index in [1.807, 2.05) is 0 Å². The number of rotatable bonds is 2. The van der Waals surface area contributed by atoms with Gasteiger partial charge < -0.3 is 20.4 Å². The predicted octanol–water partition coefficient (Wildman–Crippen LogP) is -2.50. The molecule has 9 heavy (non-hydrogen) atoms. The second-order valence-electron chi connectivity index (χ2n) is 1.51. The van der Waals surface area contributed by atoms with Gasteiger partial charge in [0.15, 0.2) is 0 Å². The molecule has 0 aliphatic rings. The summed E-state index contributed by atoms with van der Waals surface area (Å²) in [6.07, 6.45) is 0. The van der Waals surface area contributed by atoms with Crippen LogP contribution in [0.25, 0.3) is 0 Å². The molecule has 0 saturated carbocycles. The average molecular weight is 138 g/mol. The lowest BCUT2D eigenvalue weighted by Gasteiger charge is -2.26. The van der Waals surface area contributed by atoms with Crippen LogP contribution in [0.3, 0.4) is 0 Å². The predicted molar refractivity (Wildman–Crippen MR) is 21.5 cm³/mol. The van der Waals surface area contributed by atoms with Crippen molar-refractivity contribution < 1.29 is 30.6 Å². The van der Waals surface area contributed by atoms with Gasteiger partial charge in [0, 0.05) is 6.92 Å². The van der Waals surface area contributed by atoms with E-state index in [0.717, 1.165) is 0 Å². The summed E-state index contributed by atoms with van der Waals surface area (Å²) in [7, 11) is 0. The van der Waals surface area contributed by atoms with Crippen molar-refractivity contribution in [2.24, 2.45) is 0 Å². The van der Waals surface area contributed by atoms with Crippen LogP contribution in [0.15, 0.2) is 0 Å². The smallest absolute Gasteiger partial charge is 0.359 e. The van der Waals surface area contributed by atoms with Gasteiger partial charge in [0.25, 0.3) is 0 Å². The molecule has 4 N–H and O–H groups in total. The molecule has 54 valence electrons. The standard InChI is InChI=1S/C3H6O6/c1-2(4,5)3(6,7)9-8/h4-7H,1H2. The third-order valence-corrected chi connectivity index (χ3v) is 0.638. The van der Waals surface area contributed by atoms with Crippen LogP contribution in [0.1, 0.15) is 0 Å². The molecule has 0 aliphatic carbocycles. The molecule has 0 bridgehead atoms. The van der Waals surface area contributed by atoms with Gasteiger partial charge in [0.1, 0.15) is 0 Å². The minimum Gasteiger partial charge on any atom is -0.359 e. The minimum atomic E-state index is -3.58. The molecule has 0 fully saturated rings. The molecule has 6 nitrogen and oxygen atoms in total. The second kappa shape index (κ2) is 2.18. The summed E-state index contributed by atoms with van der Waals surface area (Å²) in [6, 6.07) is 0. The molecule has 0 atom stereocenters. The van der Waals surface area contributed by atoms with Gasteiger partial charge >= 0.3 is 5.97 Å². The highest BCUT2D eigenvalue weighted by Gasteiger charge is 2.46. The number of hydrogen-bond donors (Lipinski definition) is 4. The maximum absolute atomic E-state index is 9.24. The van der Waals surface area contributed by atoms with E-state index < -0.39 is 11.8 Å². The Bertz CT molecular complexity index is 91.0. The van der Waals surface area contributed by atoms with Crippen molar-refractivity contribution in [1.82, 2.24) is 0 Å². The molecule has 6 heteroatoms. The molecule has 0 aromatic heterocycles. The first-order valence-corrected chi connectivity index (χ1v) is 1.87. The minimum absolute atomic E-state index is 2.40. The van der Waals surface area contributed by atoms with Gasteiger partial charge in [-0.15, -0.1) is 4.89 Å². The van der Waals surface area contributed by atoms with E-state index >= 15 is 0 Å². The van der Waals surface area contributed by atoms with Crippen LogP contribution < -0.4 is 0 Å². The van der Waals surface area contributed by atoms with Crippen LogP contribution in [-0.4, -0.2) is 32.2 Å². The fourth-order valence-corrected chi connectivity index (χ4v) is 0.0667. The van der Waals surface area contributed by atoms with Crippen molar-refractivity contribution in [3.05, 3.63) is 6.92 Å². The monoisotopic (exact) mass is 138 g/mol. The van der Waals surface area contributed by atoms with Crippen molar-refractivity contribution in [2.45, 2.75) is 11.8 Å². The Hall–Kier alpha value is -0.240. The first-order chi connectivity index (χ1) is 3.81. The molecule has 0 unspecified atom stereocenters. The van der Waals surface area contributed by atoms with Crippen LogP contribution in [0.2, 0.25) is 0 Å². The molecule has 0 aliphatic heterocycles. The first kappa shape index (κ1) is 8.76. The molecule has 2 radical (unpaired) electrons. The molecule has 0 aromatic carbocycles. The highest BCUT2D eigenvalue weighted by atomic mass is 17.2. The normalized spacial score (nSPS) is 14.0. The summed E-state index contributed by atoms with van der Waals surface area (Å²) in [5.74, 6) is -6.80. The lowest BCUT2D eigenvalue weighted by molar-refractivity contribution is -0.554. The van der Waals surface area contributed by atoms with E-state index in [1.165, 1.54) is 0 Å². The number of aliphatic hydroxyl groups is 4. The summed E-state index contributed by atoms with van der Waals surface area (Å²) in [4.78, 5) is 2.60. The van der Waals surface area contributed by atoms with E-state index in [0.29, 0.717) is 0 Å². The summed E-state index contributed by atoms with van der Waals surface area (Å²) in [5, 5.41) is 41.8. The SMILES string of the molecule is [CH2]C(O)(O)C(O)(O)O[O]. The topological polar surface area (TPSA) is 110 Å². The highest BCUT2D eigenvalue weighted by molar-refractivity contribution is 4.74. The molecule has 0 amide bonds. The summed E-state index contributed by atoms with van der Waals surface area (Å²) < 4.78 is 0. The zero-order valence-electron chi connectivity index (χ0n) is 4.31. The molecule has 0 rings (SSSR count). The lowest BCUT2D eigenvalue weighted by atomic mass is 10.3. The van der Waals surface area contributed by atoms with Crippen molar-refractivity contribution in [1.29, 1.82) is 0 Å². The second-order valence-corrected chi connectivity index (χ2v) is 1.51. The van der Waals surface area contributed by atoms with Gasteiger partial charge in [-0.25, -0.2) is 0 Å². The Balaban J connectivity index is 4.14. The van der Waals surface area contributed by atoms with Gasteiger partial charge in [0.2, 0.25) is 5.79 Å². The Morgan fingerprint density at radius 1 is 1.22 bits per heavy atom. The van der Waals surface area contributed by atoms with Crippen molar-refractivity contribution in [3.8, 4) is 0 Å². The summed E-state index contributed by atoms with van der Waals surface area (Å²) in [5.41, 5.74) is 0. The Kier molecular flexibility index (Phi) is 2.12. The maximum Gasteiger partial charge on any atom is 0.365 e. The fourth-order valence-electron chi connectivity index (χ4n) is 0.0667. The van der Waals surface area contributed by atoms with Crippen molar-refractivity contribution in [2.75, 3.05) is 0 Å². The Labute approximate surface area is 50.5 Å². The largest absolute Gasteiger partial charge is 0.365 e. The molecule has 0 spiro atoms. The lowest BCUT2D eigenvalue weighted by Crippen LogP contribution is -2.53. The quantitative estimate of drug-likeness (QED) is 0.191. The third-order valence-electron chi connectivity index (χ3n) is 0.638. The van der Waals surface area contributed by atoms with Crippen LogP contribution in [-0.2, 0) is 10.1 Å². The Morgan fingerprint density at radius 3 is 1.56 bits per heavy atom. The van der Waals surface area contributed by atoms with Gasteiger partial charge in [0.05, 0.1) is 0 Å². The highest BCUT2D eigenvalue weighted by Crippen LogP contribution is 2.15. The molecular formula is C3H6O6. The van der Waals surface area contributed by atoms with Crippen LogP contribution in [0, 0.1) is 6.92 Å². The van der Waals surface area contributed by atoms with Gasteiger partial charge in [-0.2, -0.15) is 0 Å². The van der Waals surface area contributed by atoms with Crippen molar-refractivity contribution in [3.63, 3.8) is 0 Å². The van der Waals surface area contributed by atoms with Crippen molar-refractivity contribution >= 4 is 0 Å². The van der Waals surface area contributed by atoms with E-state index in [2.05, 4.69) is 11.8 Å². The van der Waals surface area contributed by atoms with E-state index in [-0.39, 0.29) is 0 Å². The first-order valence-electron chi connectivity index (χ1n) is 1.87. The molecule has 0 heterocycles. The zero-order chi connectivity index (χ0) is 7.71. The third kappa shape index (κ3) is 1.86. The van der Waals surface area contributed by atoms with Crippen LogP contribution in [0.4, 0.5) is 0 Å². The fraction of sp³-hybridized carbons (Fsp3) is 0.667. The van der Waals surface area contributed by atoms with Gasteiger partial charge in [-0.1, -0.05) is 0 Å². The Morgan fingerprint density at radius 2 is 1.56 bits per heavy atom. The summed E-state index contributed by atoms with van der Waals surface area (Å²) >= 11 is 0. The number of hydrogen-bond acceptors (Lipinski definition) is 5.